The Morgan fingerprint density at radius 1 is 1.50 bits per heavy atom. The molecule has 2 N–H and O–H groups in total. The average Bonchev–Trinajstić information content (AvgIpc) is 2.79. The summed E-state index contributed by atoms with van der Waals surface area (Å²) in [7, 11) is 0. The van der Waals surface area contributed by atoms with E-state index in [0.717, 1.165) is 11.3 Å². The number of pyridine rings is 1. The van der Waals surface area contributed by atoms with Crippen LogP contribution < -0.4 is 5.73 Å². The van der Waals surface area contributed by atoms with E-state index in [-0.39, 0.29) is 11.9 Å². The molecular weight excluding hydrogens is 253 g/mol. The zero-order valence-corrected chi connectivity index (χ0v) is 11.5. The first kappa shape index (κ1) is 14.2. The normalized spacial score (nSPS) is 13.6. The Morgan fingerprint density at radius 3 is 3.00 bits per heavy atom. The minimum Gasteiger partial charge on any atom is -0.324 e. The van der Waals surface area contributed by atoms with E-state index < -0.39 is 0 Å². The number of nitrogens with two attached hydrogens (primary N) is 1. The number of hydrogen-bond acceptors (Lipinski definition) is 2. The molecule has 0 fully saturated rings. The molecule has 0 radical (unpaired) electrons. The Bertz CT molecular complexity index is 666. The van der Waals surface area contributed by atoms with Crippen LogP contribution in [0.15, 0.2) is 53.8 Å². The minimum atomic E-state index is -0.236. The van der Waals surface area contributed by atoms with E-state index in [4.69, 9.17) is 5.73 Å². The lowest BCUT2D eigenvalue weighted by molar-refractivity contribution is 0.632. The number of aromatic nitrogens is 1. The third-order valence-corrected chi connectivity index (χ3v) is 3.14. The van der Waals surface area contributed by atoms with Crippen molar-refractivity contribution >= 4 is 12.2 Å². The van der Waals surface area contributed by atoms with Crippen molar-refractivity contribution in [1.82, 2.24) is 4.40 Å². The van der Waals surface area contributed by atoms with Gasteiger partial charge in [-0.15, -0.1) is 0 Å². The monoisotopic (exact) mass is 271 g/mol. The summed E-state index contributed by atoms with van der Waals surface area (Å²) in [6.45, 7) is 5.27. The van der Waals surface area contributed by atoms with Crippen molar-refractivity contribution in [3.8, 4) is 0 Å². The molecule has 2 heterocycles. The van der Waals surface area contributed by atoms with E-state index in [1.165, 1.54) is 6.07 Å². The first-order valence-corrected chi connectivity index (χ1v) is 6.46. The molecule has 20 heavy (non-hydrogen) atoms. The maximum Gasteiger partial charge on any atom is 0.147 e. The molecule has 0 saturated heterocycles. The van der Waals surface area contributed by atoms with E-state index in [0.29, 0.717) is 11.9 Å². The lowest BCUT2D eigenvalue weighted by Gasteiger charge is -2.07. The van der Waals surface area contributed by atoms with Crippen molar-refractivity contribution < 1.29 is 4.39 Å². The standard InChI is InChI=1S/C16H18FN3/c1-12(18)13-11-16-14(17)7-6-10-20(16)15(13)8-4-3-5-9-19-2/h3-7,9-12H,2,8,18H2,1H3/b4-3-,9-5-. The molecule has 0 aromatic carbocycles. The van der Waals surface area contributed by atoms with Gasteiger partial charge in [0.1, 0.15) is 5.82 Å². The molecule has 2 rings (SSSR count). The molecule has 2 aromatic heterocycles. The number of rotatable bonds is 5. The number of halogens is 1. The molecule has 1 unspecified atom stereocenters. The van der Waals surface area contributed by atoms with E-state index in [1.807, 2.05) is 35.7 Å². The van der Waals surface area contributed by atoms with Crippen LogP contribution in [0.4, 0.5) is 4.39 Å². The fourth-order valence-corrected chi connectivity index (χ4v) is 2.22. The smallest absolute Gasteiger partial charge is 0.147 e. The summed E-state index contributed by atoms with van der Waals surface area (Å²) in [5.41, 5.74) is 8.51. The van der Waals surface area contributed by atoms with Crippen LogP contribution in [0.3, 0.4) is 0 Å². The van der Waals surface area contributed by atoms with Crippen LogP contribution in [-0.2, 0) is 6.42 Å². The molecule has 0 bridgehead atoms. The highest BCUT2D eigenvalue weighted by atomic mass is 19.1. The Morgan fingerprint density at radius 2 is 2.30 bits per heavy atom. The van der Waals surface area contributed by atoms with Crippen molar-refractivity contribution in [1.29, 1.82) is 0 Å². The van der Waals surface area contributed by atoms with Gasteiger partial charge in [-0.1, -0.05) is 12.2 Å². The van der Waals surface area contributed by atoms with Crippen LogP contribution in [0.2, 0.25) is 0 Å². The first-order chi connectivity index (χ1) is 9.65. The maximum atomic E-state index is 13.8. The SMILES string of the molecule is C=N/C=C\C=C/Cc1c(C(C)N)cc2c(F)cccn12. The number of hydrogen-bond donors (Lipinski definition) is 1. The molecule has 0 aliphatic heterocycles. The van der Waals surface area contributed by atoms with Gasteiger partial charge in [0, 0.05) is 30.6 Å². The minimum absolute atomic E-state index is 0.136. The number of aliphatic imine (C=N–C) groups is 1. The van der Waals surface area contributed by atoms with Crippen LogP contribution in [0.1, 0.15) is 24.2 Å². The molecule has 0 aliphatic rings. The third kappa shape index (κ3) is 2.86. The number of fused-ring (bicyclic) bond motifs is 1. The quantitative estimate of drug-likeness (QED) is 0.657. The van der Waals surface area contributed by atoms with Gasteiger partial charge in [-0.3, -0.25) is 4.99 Å². The van der Waals surface area contributed by atoms with Gasteiger partial charge in [0.25, 0.3) is 0 Å². The third-order valence-electron chi connectivity index (χ3n) is 3.14. The van der Waals surface area contributed by atoms with Gasteiger partial charge in [0.2, 0.25) is 0 Å². The molecule has 3 nitrogen and oxygen atoms in total. The highest BCUT2D eigenvalue weighted by Gasteiger charge is 2.14. The lowest BCUT2D eigenvalue weighted by Crippen LogP contribution is -2.07. The predicted octanol–water partition coefficient (Wildman–Crippen LogP) is 3.41. The molecule has 104 valence electrons. The molecule has 0 saturated carbocycles. The summed E-state index contributed by atoms with van der Waals surface area (Å²) in [5, 5.41) is 0. The van der Waals surface area contributed by atoms with E-state index >= 15 is 0 Å². The second-order valence-corrected chi connectivity index (χ2v) is 4.60. The van der Waals surface area contributed by atoms with Gasteiger partial charge in [0.15, 0.2) is 0 Å². The maximum absolute atomic E-state index is 13.8. The van der Waals surface area contributed by atoms with Gasteiger partial charge >= 0.3 is 0 Å². The molecule has 0 amide bonds. The molecular formula is C16H18FN3. The van der Waals surface area contributed by atoms with Gasteiger partial charge in [-0.25, -0.2) is 4.39 Å². The Balaban J connectivity index is 2.41. The highest BCUT2D eigenvalue weighted by Crippen LogP contribution is 2.24. The topological polar surface area (TPSA) is 42.8 Å². The molecule has 0 spiro atoms. The van der Waals surface area contributed by atoms with Crippen LogP contribution in [0.25, 0.3) is 5.52 Å². The van der Waals surface area contributed by atoms with Gasteiger partial charge in [0.05, 0.1) is 5.52 Å². The second kappa shape index (κ2) is 6.30. The molecule has 4 heteroatoms. The summed E-state index contributed by atoms with van der Waals surface area (Å²) in [6, 6.07) is 4.84. The fourth-order valence-electron chi connectivity index (χ4n) is 2.22. The summed E-state index contributed by atoms with van der Waals surface area (Å²) in [4.78, 5) is 3.62. The first-order valence-electron chi connectivity index (χ1n) is 6.46. The fraction of sp³-hybridized carbons (Fsp3) is 0.188. The molecule has 1 atom stereocenters. The summed E-state index contributed by atoms with van der Waals surface area (Å²) in [5.74, 6) is -0.236. The van der Waals surface area contributed by atoms with E-state index in [1.54, 1.807) is 18.3 Å². The number of nitrogens with zero attached hydrogens (tertiary/aromatic N) is 2. The summed E-state index contributed by atoms with van der Waals surface area (Å²) < 4.78 is 15.7. The van der Waals surface area contributed by atoms with E-state index in [9.17, 15) is 4.39 Å². The van der Waals surface area contributed by atoms with Crippen molar-refractivity contribution in [3.05, 3.63) is 65.9 Å². The second-order valence-electron chi connectivity index (χ2n) is 4.60. The lowest BCUT2D eigenvalue weighted by atomic mass is 10.1. The summed E-state index contributed by atoms with van der Waals surface area (Å²) >= 11 is 0. The largest absolute Gasteiger partial charge is 0.324 e. The molecule has 0 aliphatic carbocycles. The average molecular weight is 271 g/mol. The van der Waals surface area contributed by atoms with Crippen LogP contribution >= 0.6 is 0 Å². The molecule has 2 aromatic rings. The van der Waals surface area contributed by atoms with Crippen LogP contribution in [-0.4, -0.2) is 11.1 Å². The Kier molecular flexibility index (Phi) is 4.48. The Hall–Kier alpha value is -2.20. The van der Waals surface area contributed by atoms with Gasteiger partial charge in [-0.2, -0.15) is 0 Å². The summed E-state index contributed by atoms with van der Waals surface area (Å²) in [6.07, 6.45) is 9.82. The van der Waals surface area contributed by atoms with Gasteiger partial charge < -0.3 is 10.1 Å². The predicted molar refractivity (Wildman–Crippen MR) is 81.5 cm³/mol. The van der Waals surface area contributed by atoms with Crippen molar-refractivity contribution in [2.75, 3.05) is 0 Å². The Labute approximate surface area is 117 Å². The highest BCUT2D eigenvalue weighted by molar-refractivity contribution is 5.55. The van der Waals surface area contributed by atoms with Crippen molar-refractivity contribution in [3.63, 3.8) is 0 Å². The van der Waals surface area contributed by atoms with Crippen molar-refractivity contribution in [2.45, 2.75) is 19.4 Å². The van der Waals surface area contributed by atoms with Crippen LogP contribution in [0.5, 0.6) is 0 Å². The zero-order valence-electron chi connectivity index (χ0n) is 11.5. The number of allylic oxidation sites excluding steroid dienone is 3. The van der Waals surface area contributed by atoms with Gasteiger partial charge in [-0.05, 0) is 43.5 Å². The van der Waals surface area contributed by atoms with Crippen LogP contribution in [0, 0.1) is 5.82 Å². The van der Waals surface area contributed by atoms with Crippen molar-refractivity contribution in [2.24, 2.45) is 10.7 Å². The zero-order chi connectivity index (χ0) is 14.5. The van der Waals surface area contributed by atoms with E-state index in [2.05, 4.69) is 11.7 Å².